The molecule has 0 bridgehead atoms. The van der Waals surface area contributed by atoms with Gasteiger partial charge in [0.15, 0.2) is 5.69 Å². The third-order valence-electron chi connectivity index (χ3n) is 1.81. The molecule has 0 spiro atoms. The van der Waals surface area contributed by atoms with Gasteiger partial charge in [0.25, 0.3) is 0 Å². The van der Waals surface area contributed by atoms with Gasteiger partial charge in [-0.2, -0.15) is 0 Å². The molecule has 1 aromatic rings. The van der Waals surface area contributed by atoms with E-state index in [0.717, 1.165) is 5.56 Å². The number of hydrogen-bond acceptors (Lipinski definition) is 2. The van der Waals surface area contributed by atoms with Gasteiger partial charge in [0, 0.05) is 13.0 Å². The van der Waals surface area contributed by atoms with Gasteiger partial charge >= 0.3 is 0 Å². The van der Waals surface area contributed by atoms with Gasteiger partial charge in [-0.3, -0.25) is 0 Å². The lowest BCUT2D eigenvalue weighted by Crippen LogP contribution is -1.99. The quantitative estimate of drug-likeness (QED) is 0.689. The Balaban J connectivity index is 2.75. The van der Waals surface area contributed by atoms with Crippen molar-refractivity contribution >= 4 is 5.69 Å². The summed E-state index contributed by atoms with van der Waals surface area (Å²) in [7, 11) is 0. The molecule has 3 heteroatoms. The van der Waals surface area contributed by atoms with Gasteiger partial charge < -0.3 is 10.2 Å². The molecule has 2 N–H and O–H groups in total. The van der Waals surface area contributed by atoms with Crippen molar-refractivity contribution in [2.75, 3.05) is 6.61 Å². The Labute approximate surface area is 77.1 Å². The molecule has 3 nitrogen and oxygen atoms in total. The van der Waals surface area contributed by atoms with Crippen LogP contribution >= 0.6 is 0 Å². The van der Waals surface area contributed by atoms with Gasteiger partial charge in [0.1, 0.15) is 0 Å². The Bertz CT molecular complexity index is 300. The number of aliphatic hydroxyl groups excluding tert-OH is 2. The topological polar surface area (TPSA) is 44.8 Å². The van der Waals surface area contributed by atoms with Gasteiger partial charge in [-0.25, -0.2) is 4.85 Å². The predicted molar refractivity (Wildman–Crippen MR) is 49.4 cm³/mol. The lowest BCUT2D eigenvalue weighted by molar-refractivity contribution is 0.134. The maximum atomic E-state index is 9.45. The van der Waals surface area contributed by atoms with Crippen LogP contribution in [0.3, 0.4) is 0 Å². The first kappa shape index (κ1) is 9.72. The summed E-state index contributed by atoms with van der Waals surface area (Å²) >= 11 is 0. The molecule has 0 saturated carbocycles. The van der Waals surface area contributed by atoms with Crippen LogP contribution in [-0.2, 0) is 0 Å². The summed E-state index contributed by atoms with van der Waals surface area (Å²) in [6.45, 7) is 6.69. The Hall–Kier alpha value is -1.37. The molecular formula is C10H11NO2. The monoisotopic (exact) mass is 177 g/mol. The number of hydrogen-bond donors (Lipinski definition) is 2. The summed E-state index contributed by atoms with van der Waals surface area (Å²) in [5, 5.41) is 18.0. The molecule has 0 saturated heterocycles. The summed E-state index contributed by atoms with van der Waals surface area (Å²) < 4.78 is 0. The number of aliphatic hydroxyl groups is 2. The number of rotatable bonds is 3. The van der Waals surface area contributed by atoms with Crippen molar-refractivity contribution in [3.05, 3.63) is 41.2 Å². The summed E-state index contributed by atoms with van der Waals surface area (Å²) in [6, 6.07) is 6.72. The Morgan fingerprint density at radius 1 is 1.31 bits per heavy atom. The molecule has 0 heterocycles. The second-order valence-corrected chi connectivity index (χ2v) is 2.73. The predicted octanol–water partition coefficient (Wildman–Crippen LogP) is 1.65. The molecule has 1 rings (SSSR count). The Morgan fingerprint density at radius 3 is 2.38 bits per heavy atom. The van der Waals surface area contributed by atoms with Crippen molar-refractivity contribution in [1.82, 2.24) is 0 Å². The van der Waals surface area contributed by atoms with Crippen molar-refractivity contribution < 1.29 is 10.2 Å². The van der Waals surface area contributed by atoms with Crippen LogP contribution in [0.25, 0.3) is 4.85 Å². The van der Waals surface area contributed by atoms with Gasteiger partial charge in [0.05, 0.1) is 12.7 Å². The van der Waals surface area contributed by atoms with Crippen LogP contribution in [0.1, 0.15) is 18.1 Å². The third-order valence-corrected chi connectivity index (χ3v) is 1.81. The molecular weight excluding hydrogens is 166 g/mol. The van der Waals surface area contributed by atoms with E-state index >= 15 is 0 Å². The Morgan fingerprint density at radius 2 is 1.92 bits per heavy atom. The zero-order valence-electron chi connectivity index (χ0n) is 7.14. The molecule has 1 atom stereocenters. The second kappa shape index (κ2) is 4.61. The van der Waals surface area contributed by atoms with E-state index in [1.54, 1.807) is 24.3 Å². The van der Waals surface area contributed by atoms with E-state index in [1.165, 1.54) is 0 Å². The van der Waals surface area contributed by atoms with Crippen LogP contribution < -0.4 is 0 Å². The van der Waals surface area contributed by atoms with Crippen molar-refractivity contribution in [2.24, 2.45) is 0 Å². The zero-order chi connectivity index (χ0) is 9.68. The summed E-state index contributed by atoms with van der Waals surface area (Å²) in [4.78, 5) is 3.24. The third kappa shape index (κ3) is 2.55. The van der Waals surface area contributed by atoms with E-state index in [9.17, 15) is 5.11 Å². The maximum Gasteiger partial charge on any atom is 0.187 e. The lowest BCUT2D eigenvalue weighted by Gasteiger charge is -2.08. The summed E-state index contributed by atoms with van der Waals surface area (Å²) in [6.07, 6.45) is -0.304. The smallest absolute Gasteiger partial charge is 0.187 e. The van der Waals surface area contributed by atoms with Gasteiger partial charge in [-0.05, 0) is 5.56 Å². The number of benzene rings is 1. The molecule has 0 aliphatic carbocycles. The molecule has 1 unspecified atom stereocenters. The van der Waals surface area contributed by atoms with Crippen molar-refractivity contribution in [3.8, 4) is 0 Å². The molecule has 13 heavy (non-hydrogen) atoms. The van der Waals surface area contributed by atoms with Crippen LogP contribution in [0.15, 0.2) is 24.3 Å². The van der Waals surface area contributed by atoms with Crippen molar-refractivity contribution in [3.63, 3.8) is 0 Å². The molecule has 0 fully saturated rings. The minimum atomic E-state index is -0.634. The lowest BCUT2D eigenvalue weighted by atomic mass is 10.1. The minimum Gasteiger partial charge on any atom is -0.396 e. The molecule has 0 aliphatic rings. The Kier molecular flexibility index (Phi) is 3.44. The highest BCUT2D eigenvalue weighted by atomic mass is 16.3. The highest BCUT2D eigenvalue weighted by Gasteiger charge is 2.05. The van der Waals surface area contributed by atoms with Crippen LogP contribution in [0.4, 0.5) is 5.69 Å². The second-order valence-electron chi connectivity index (χ2n) is 2.73. The number of nitrogens with zero attached hydrogens (tertiary/aromatic N) is 1. The standard InChI is InChI=1S/C10H11NO2/c1-11-9-4-2-8(3-5-9)10(13)6-7-12/h2-5,10,12-13H,6-7H2. The first-order chi connectivity index (χ1) is 6.27. The van der Waals surface area contributed by atoms with Crippen molar-refractivity contribution in [1.29, 1.82) is 0 Å². The molecule has 0 aliphatic heterocycles. The van der Waals surface area contributed by atoms with Gasteiger partial charge in [0.2, 0.25) is 0 Å². The van der Waals surface area contributed by atoms with Crippen LogP contribution in [0.2, 0.25) is 0 Å². The van der Waals surface area contributed by atoms with E-state index < -0.39 is 6.10 Å². The van der Waals surface area contributed by atoms with Crippen LogP contribution in [0.5, 0.6) is 0 Å². The zero-order valence-corrected chi connectivity index (χ0v) is 7.14. The van der Waals surface area contributed by atoms with Crippen molar-refractivity contribution in [2.45, 2.75) is 12.5 Å². The molecule has 0 amide bonds. The maximum absolute atomic E-state index is 9.45. The van der Waals surface area contributed by atoms with E-state index in [0.29, 0.717) is 12.1 Å². The van der Waals surface area contributed by atoms with E-state index in [1.807, 2.05) is 0 Å². The van der Waals surface area contributed by atoms with E-state index in [4.69, 9.17) is 11.7 Å². The van der Waals surface area contributed by atoms with Crippen LogP contribution in [-0.4, -0.2) is 16.8 Å². The largest absolute Gasteiger partial charge is 0.396 e. The highest BCUT2D eigenvalue weighted by Crippen LogP contribution is 2.19. The van der Waals surface area contributed by atoms with E-state index in [2.05, 4.69) is 4.85 Å². The highest BCUT2D eigenvalue weighted by molar-refractivity contribution is 5.45. The molecule has 68 valence electrons. The first-order valence-corrected chi connectivity index (χ1v) is 4.04. The normalized spacial score (nSPS) is 12.1. The average molecular weight is 177 g/mol. The fourth-order valence-electron chi connectivity index (χ4n) is 1.06. The fourth-order valence-corrected chi connectivity index (χ4v) is 1.06. The molecule has 1 aromatic carbocycles. The summed E-state index contributed by atoms with van der Waals surface area (Å²) in [5.74, 6) is 0. The fraction of sp³-hybridized carbons (Fsp3) is 0.300. The minimum absolute atomic E-state index is 0.0360. The van der Waals surface area contributed by atoms with E-state index in [-0.39, 0.29) is 6.61 Å². The van der Waals surface area contributed by atoms with Gasteiger partial charge in [-0.15, -0.1) is 0 Å². The molecule has 0 aromatic heterocycles. The SMILES string of the molecule is [C-]#[N+]c1ccc(C(O)CCO)cc1. The summed E-state index contributed by atoms with van der Waals surface area (Å²) in [5.41, 5.74) is 1.29. The molecule has 0 radical (unpaired) electrons. The average Bonchev–Trinajstić information content (AvgIpc) is 2.18. The van der Waals surface area contributed by atoms with Crippen LogP contribution in [0, 0.1) is 6.57 Å². The first-order valence-electron chi connectivity index (χ1n) is 4.04. The van der Waals surface area contributed by atoms with Gasteiger partial charge in [-0.1, -0.05) is 24.3 Å².